The van der Waals surface area contributed by atoms with E-state index < -0.39 is 0 Å². The topological polar surface area (TPSA) is 68.3 Å². The zero-order valence-corrected chi connectivity index (χ0v) is 18.3. The second kappa shape index (κ2) is 8.73. The molecule has 2 atom stereocenters. The normalized spacial score (nSPS) is 22.7. The number of hydrogen-bond acceptors (Lipinski definition) is 5. The Balaban J connectivity index is 1.35. The highest BCUT2D eigenvalue weighted by Gasteiger charge is 2.39. The zero-order valence-electron chi connectivity index (χ0n) is 18.3. The van der Waals surface area contributed by atoms with Crippen LogP contribution in [0.1, 0.15) is 43.7 Å². The Hall–Kier alpha value is -3.22. The van der Waals surface area contributed by atoms with Gasteiger partial charge in [-0.25, -0.2) is 0 Å². The second-order valence-corrected chi connectivity index (χ2v) is 8.61. The van der Waals surface area contributed by atoms with Gasteiger partial charge < -0.3 is 24.0 Å². The number of likely N-dealkylation sites (tertiary alicyclic amines) is 1. The second-order valence-electron chi connectivity index (χ2n) is 8.61. The Morgan fingerprint density at radius 1 is 1.03 bits per heavy atom. The number of rotatable bonds is 4. The van der Waals surface area contributed by atoms with Gasteiger partial charge in [-0.15, -0.1) is 0 Å². The molecule has 5 rings (SSSR count). The zero-order chi connectivity index (χ0) is 22.1. The van der Waals surface area contributed by atoms with Crippen LogP contribution in [-0.2, 0) is 9.59 Å². The summed E-state index contributed by atoms with van der Waals surface area (Å²) >= 11 is 0. The average Bonchev–Trinajstić information content (AvgIpc) is 3.37. The molecule has 3 heterocycles. The molecule has 0 bridgehead atoms. The fraction of sp³-hybridized carbons (Fsp3) is 0.440. The summed E-state index contributed by atoms with van der Waals surface area (Å²) in [5, 5.41) is 0. The van der Waals surface area contributed by atoms with E-state index in [9.17, 15) is 9.59 Å². The van der Waals surface area contributed by atoms with Gasteiger partial charge in [0.15, 0.2) is 11.5 Å². The molecule has 2 aromatic rings. The molecule has 0 spiro atoms. The molecule has 0 saturated carbocycles. The summed E-state index contributed by atoms with van der Waals surface area (Å²) in [6.07, 6.45) is 4.37. The Morgan fingerprint density at radius 3 is 2.66 bits per heavy atom. The smallest absolute Gasteiger partial charge is 0.231 e. The van der Waals surface area contributed by atoms with E-state index in [0.29, 0.717) is 18.0 Å². The first-order chi connectivity index (χ1) is 15.6. The lowest BCUT2D eigenvalue weighted by Crippen LogP contribution is -2.40. The van der Waals surface area contributed by atoms with E-state index in [0.717, 1.165) is 49.2 Å². The van der Waals surface area contributed by atoms with E-state index in [2.05, 4.69) is 0 Å². The number of benzene rings is 2. The lowest BCUT2D eigenvalue weighted by Gasteiger charge is -2.32. The Bertz CT molecular complexity index is 1010. The maximum absolute atomic E-state index is 13.6. The summed E-state index contributed by atoms with van der Waals surface area (Å²) < 4.78 is 16.1. The highest BCUT2D eigenvalue weighted by molar-refractivity contribution is 6.00. The van der Waals surface area contributed by atoms with Gasteiger partial charge in [0, 0.05) is 31.3 Å². The molecule has 0 aromatic heterocycles. The van der Waals surface area contributed by atoms with Crippen LogP contribution in [0.3, 0.4) is 0 Å². The summed E-state index contributed by atoms with van der Waals surface area (Å²) in [5.41, 5.74) is 1.87. The number of carbonyl (C=O) groups excluding carboxylic acids is 2. The van der Waals surface area contributed by atoms with Gasteiger partial charge in [-0.05, 0) is 42.7 Å². The summed E-state index contributed by atoms with van der Waals surface area (Å²) in [5.74, 6) is 1.83. The van der Waals surface area contributed by atoms with Gasteiger partial charge in [0.25, 0.3) is 0 Å². The van der Waals surface area contributed by atoms with E-state index in [-0.39, 0.29) is 37.0 Å². The van der Waals surface area contributed by atoms with Gasteiger partial charge in [0.2, 0.25) is 18.6 Å². The molecular weight excluding hydrogens is 408 g/mol. The van der Waals surface area contributed by atoms with Gasteiger partial charge in [-0.1, -0.05) is 25.0 Å². The number of ether oxygens (including phenoxy) is 3. The first-order valence-corrected chi connectivity index (χ1v) is 11.3. The number of carbonyl (C=O) groups is 2. The van der Waals surface area contributed by atoms with Crippen molar-refractivity contribution in [2.45, 2.75) is 38.1 Å². The van der Waals surface area contributed by atoms with Crippen molar-refractivity contribution in [2.24, 2.45) is 5.92 Å². The minimum absolute atomic E-state index is 0.0296. The predicted molar refractivity (Wildman–Crippen MR) is 119 cm³/mol. The van der Waals surface area contributed by atoms with Crippen molar-refractivity contribution in [1.82, 2.24) is 4.90 Å². The van der Waals surface area contributed by atoms with E-state index >= 15 is 0 Å². The van der Waals surface area contributed by atoms with Crippen LogP contribution in [0.5, 0.6) is 17.2 Å². The van der Waals surface area contributed by atoms with Crippen molar-refractivity contribution in [3.63, 3.8) is 0 Å². The summed E-state index contributed by atoms with van der Waals surface area (Å²) in [6, 6.07) is 13.5. The quantitative estimate of drug-likeness (QED) is 0.727. The molecule has 2 fully saturated rings. The van der Waals surface area contributed by atoms with Crippen molar-refractivity contribution in [1.29, 1.82) is 0 Å². The maximum Gasteiger partial charge on any atom is 0.231 e. The van der Waals surface area contributed by atoms with E-state index in [1.54, 1.807) is 12.0 Å². The summed E-state index contributed by atoms with van der Waals surface area (Å²) in [7, 11) is 1.65. The summed E-state index contributed by atoms with van der Waals surface area (Å²) in [6.45, 7) is 1.31. The summed E-state index contributed by atoms with van der Waals surface area (Å²) in [4.78, 5) is 30.2. The van der Waals surface area contributed by atoms with Crippen molar-refractivity contribution in [2.75, 3.05) is 31.9 Å². The number of methoxy groups -OCH3 is 1. The molecular formula is C25H28N2O5. The van der Waals surface area contributed by atoms with Gasteiger partial charge in [-0.3, -0.25) is 9.59 Å². The van der Waals surface area contributed by atoms with Crippen molar-refractivity contribution >= 4 is 17.5 Å². The molecule has 32 heavy (non-hydrogen) atoms. The molecule has 0 N–H and O–H groups in total. The van der Waals surface area contributed by atoms with Gasteiger partial charge in [0.1, 0.15) is 5.75 Å². The molecule has 168 valence electrons. The van der Waals surface area contributed by atoms with Crippen LogP contribution in [0, 0.1) is 5.92 Å². The highest BCUT2D eigenvalue weighted by Crippen LogP contribution is 2.38. The Labute approximate surface area is 187 Å². The van der Waals surface area contributed by atoms with E-state index in [1.807, 2.05) is 47.4 Å². The molecule has 2 saturated heterocycles. The molecule has 2 amide bonds. The van der Waals surface area contributed by atoms with Gasteiger partial charge in [0.05, 0.1) is 19.1 Å². The highest BCUT2D eigenvalue weighted by atomic mass is 16.7. The predicted octanol–water partition coefficient (Wildman–Crippen LogP) is 3.92. The van der Waals surface area contributed by atoms with Crippen LogP contribution in [0.2, 0.25) is 0 Å². The van der Waals surface area contributed by atoms with Crippen LogP contribution in [0.4, 0.5) is 5.69 Å². The van der Waals surface area contributed by atoms with Crippen LogP contribution in [0.15, 0.2) is 42.5 Å². The van der Waals surface area contributed by atoms with E-state index in [1.165, 1.54) is 0 Å². The molecule has 3 aliphatic rings. The average molecular weight is 437 g/mol. The molecule has 3 aliphatic heterocycles. The van der Waals surface area contributed by atoms with Crippen molar-refractivity contribution in [3.8, 4) is 17.2 Å². The minimum atomic E-state index is -0.341. The molecule has 0 aliphatic carbocycles. The van der Waals surface area contributed by atoms with Crippen LogP contribution in [0.25, 0.3) is 0 Å². The van der Waals surface area contributed by atoms with Gasteiger partial charge >= 0.3 is 0 Å². The first-order valence-electron chi connectivity index (χ1n) is 11.3. The first kappa shape index (κ1) is 20.7. The number of nitrogens with zero attached hydrogens (tertiary/aromatic N) is 2. The third kappa shape index (κ3) is 3.87. The van der Waals surface area contributed by atoms with Crippen molar-refractivity contribution in [3.05, 3.63) is 48.0 Å². The number of hydrogen-bond donors (Lipinski definition) is 0. The SMILES string of the molecule is COc1ccc([C@H]2CCCCCN2C(=O)[C@@H]2CC(=O)N(c3ccc4c(c3)OCO4)C2)cc1. The largest absolute Gasteiger partial charge is 0.497 e. The minimum Gasteiger partial charge on any atom is -0.497 e. The van der Waals surface area contributed by atoms with Crippen LogP contribution < -0.4 is 19.1 Å². The number of amides is 2. The van der Waals surface area contributed by atoms with Crippen molar-refractivity contribution < 1.29 is 23.8 Å². The lowest BCUT2D eigenvalue weighted by molar-refractivity contribution is -0.138. The fourth-order valence-corrected chi connectivity index (χ4v) is 4.95. The molecule has 0 radical (unpaired) electrons. The molecule has 2 aromatic carbocycles. The van der Waals surface area contributed by atoms with Crippen LogP contribution >= 0.6 is 0 Å². The monoisotopic (exact) mass is 436 g/mol. The lowest BCUT2D eigenvalue weighted by atomic mass is 9.98. The Kier molecular flexibility index (Phi) is 5.64. The number of anilines is 1. The fourth-order valence-electron chi connectivity index (χ4n) is 4.95. The van der Waals surface area contributed by atoms with Crippen LogP contribution in [-0.4, -0.2) is 43.7 Å². The molecule has 7 heteroatoms. The molecule has 0 unspecified atom stereocenters. The third-order valence-electron chi connectivity index (χ3n) is 6.68. The van der Waals surface area contributed by atoms with E-state index in [4.69, 9.17) is 14.2 Å². The Morgan fingerprint density at radius 2 is 1.84 bits per heavy atom. The standard InChI is InChI=1S/C25H28N2O5/c1-30-20-9-6-17(7-10-20)21-5-3-2-4-12-26(21)25(29)18-13-24(28)27(15-18)19-8-11-22-23(14-19)32-16-31-22/h6-11,14,18,21H,2-5,12-13,15-16H2,1H3/t18-,21-/m1/s1. The number of fused-ring (bicyclic) bond motifs is 1. The van der Waals surface area contributed by atoms with Gasteiger partial charge in [-0.2, -0.15) is 0 Å². The maximum atomic E-state index is 13.6. The molecule has 7 nitrogen and oxygen atoms in total. The third-order valence-corrected chi connectivity index (χ3v) is 6.68.